The van der Waals surface area contributed by atoms with Gasteiger partial charge in [0.05, 0.1) is 6.67 Å². The number of alkyl halides is 1. The van der Waals surface area contributed by atoms with Gasteiger partial charge in [0.2, 0.25) is 0 Å². The Morgan fingerprint density at radius 2 is 2.13 bits per heavy atom. The van der Waals surface area contributed by atoms with Crippen molar-refractivity contribution >= 4 is 33.8 Å². The van der Waals surface area contributed by atoms with E-state index in [1.54, 1.807) is 35.2 Å². The van der Waals surface area contributed by atoms with E-state index >= 15 is 0 Å². The fraction of sp³-hybridized carbons (Fsp3) is 0.462. The van der Waals surface area contributed by atoms with E-state index in [0.717, 1.165) is 5.75 Å². The van der Waals surface area contributed by atoms with E-state index in [9.17, 15) is 17.6 Å². The third-order valence-electron chi connectivity index (χ3n) is 3.02. The molecule has 0 spiro atoms. The number of thioether (sulfide) groups is 1. The number of halogens is 1. The second-order valence-electron chi connectivity index (χ2n) is 4.74. The number of carbonyl (C=O) groups is 1. The lowest BCUT2D eigenvalue weighted by Gasteiger charge is -2.23. The van der Waals surface area contributed by atoms with Gasteiger partial charge in [-0.3, -0.25) is 14.6 Å². The van der Waals surface area contributed by atoms with Crippen LogP contribution in [0, 0.1) is 0 Å². The minimum absolute atomic E-state index is 0.328. The first kappa shape index (κ1) is 18.0. The van der Waals surface area contributed by atoms with Crippen LogP contribution in [0.15, 0.2) is 30.3 Å². The molecular formula is C13H18FN3O4S2. The van der Waals surface area contributed by atoms with E-state index in [1.165, 1.54) is 11.8 Å². The third kappa shape index (κ3) is 5.98. The maximum atomic E-state index is 12.2. The number of hydrogen-bond donors (Lipinski definition) is 2. The summed E-state index contributed by atoms with van der Waals surface area (Å²) in [5.74, 6) is 0.718. The highest BCUT2D eigenvalue weighted by Crippen LogP contribution is 2.22. The summed E-state index contributed by atoms with van der Waals surface area (Å²) in [4.78, 5) is 13.4. The molecule has 1 aliphatic rings. The van der Waals surface area contributed by atoms with E-state index in [-0.39, 0.29) is 0 Å². The summed E-state index contributed by atoms with van der Waals surface area (Å²) < 4.78 is 42.8. The smallest absolute Gasteiger partial charge is 0.316 e. The van der Waals surface area contributed by atoms with Gasteiger partial charge in [0.1, 0.15) is 5.50 Å². The predicted molar refractivity (Wildman–Crippen MR) is 87.0 cm³/mol. The Morgan fingerprint density at radius 3 is 2.83 bits per heavy atom. The molecule has 2 rings (SSSR count). The summed E-state index contributed by atoms with van der Waals surface area (Å²) >= 11 is 1.36. The summed E-state index contributed by atoms with van der Waals surface area (Å²) in [5, 5.41) is 2.32. The van der Waals surface area contributed by atoms with E-state index in [1.807, 2.05) is 0 Å². The molecule has 128 valence electrons. The van der Waals surface area contributed by atoms with E-state index in [4.69, 9.17) is 0 Å². The molecule has 1 saturated heterocycles. The van der Waals surface area contributed by atoms with Crippen molar-refractivity contribution < 1.29 is 21.8 Å². The van der Waals surface area contributed by atoms with Crippen LogP contribution in [0.4, 0.5) is 14.9 Å². The first-order chi connectivity index (χ1) is 11.0. The zero-order valence-electron chi connectivity index (χ0n) is 12.3. The zero-order valence-corrected chi connectivity index (χ0v) is 13.9. The maximum Gasteiger partial charge on any atom is 0.428 e. The number of nitrogens with one attached hydrogen (secondary N) is 2. The van der Waals surface area contributed by atoms with Gasteiger partial charge in [0.25, 0.3) is 0 Å². The van der Waals surface area contributed by atoms with Gasteiger partial charge >= 0.3 is 16.4 Å². The summed E-state index contributed by atoms with van der Waals surface area (Å²) in [5.41, 5.74) is -0.136. The Morgan fingerprint density at radius 1 is 1.39 bits per heavy atom. The summed E-state index contributed by atoms with van der Waals surface area (Å²) in [7, 11) is -4.26. The first-order valence-corrected chi connectivity index (χ1v) is 9.45. The molecule has 1 unspecified atom stereocenters. The van der Waals surface area contributed by atoms with Crippen molar-refractivity contribution in [2.45, 2.75) is 11.9 Å². The number of benzene rings is 1. The zero-order chi connectivity index (χ0) is 16.7. The van der Waals surface area contributed by atoms with Gasteiger partial charge < -0.3 is 4.18 Å². The van der Waals surface area contributed by atoms with E-state index in [0.29, 0.717) is 25.2 Å². The van der Waals surface area contributed by atoms with Crippen LogP contribution in [0.5, 0.6) is 0 Å². The summed E-state index contributed by atoms with van der Waals surface area (Å²) in [6, 6.07) is 8.36. The normalized spacial score (nSPS) is 18.7. The van der Waals surface area contributed by atoms with Gasteiger partial charge in [-0.25, -0.2) is 4.79 Å². The topological polar surface area (TPSA) is 87.7 Å². The van der Waals surface area contributed by atoms with Crippen molar-refractivity contribution in [3.63, 3.8) is 0 Å². The number of para-hydroxylation sites is 1. The second kappa shape index (κ2) is 8.48. The molecule has 1 atom stereocenters. The highest BCUT2D eigenvalue weighted by molar-refractivity contribution is 8.00. The van der Waals surface area contributed by atoms with Gasteiger partial charge in [-0.05, 0) is 18.6 Å². The van der Waals surface area contributed by atoms with Crippen LogP contribution in [-0.4, -0.2) is 50.4 Å². The molecule has 0 bridgehead atoms. The first-order valence-electron chi connectivity index (χ1n) is 6.99. The number of hydrogen-bond acceptors (Lipinski definition) is 6. The van der Waals surface area contributed by atoms with Crippen LogP contribution in [0.1, 0.15) is 6.42 Å². The van der Waals surface area contributed by atoms with Crippen LogP contribution in [0.3, 0.4) is 0 Å². The SMILES string of the molecule is O=C(Nc1ccccc1)OS(=O)(=O)NC1SCCN1CCCF. The molecular weight excluding hydrogens is 345 g/mol. The molecule has 1 fully saturated rings. The Hall–Kier alpha value is -1.36. The lowest BCUT2D eigenvalue weighted by atomic mass is 10.3. The number of rotatable bonds is 7. The molecule has 2 N–H and O–H groups in total. The van der Waals surface area contributed by atoms with Gasteiger partial charge in [-0.15, -0.1) is 11.8 Å². The van der Waals surface area contributed by atoms with Gasteiger partial charge in [-0.1, -0.05) is 18.2 Å². The highest BCUT2D eigenvalue weighted by Gasteiger charge is 2.30. The van der Waals surface area contributed by atoms with Crippen molar-refractivity contribution in [1.82, 2.24) is 9.62 Å². The molecule has 1 heterocycles. The molecule has 0 radical (unpaired) electrons. The van der Waals surface area contributed by atoms with Crippen LogP contribution >= 0.6 is 11.8 Å². The monoisotopic (exact) mass is 363 g/mol. The molecule has 10 heteroatoms. The van der Waals surface area contributed by atoms with Crippen molar-refractivity contribution in [2.24, 2.45) is 0 Å². The number of nitrogens with zero attached hydrogens (tertiary/aromatic N) is 1. The molecule has 0 aliphatic carbocycles. The van der Waals surface area contributed by atoms with Crippen LogP contribution in [-0.2, 0) is 14.5 Å². The van der Waals surface area contributed by atoms with Gasteiger partial charge in [0, 0.05) is 24.5 Å². The van der Waals surface area contributed by atoms with Crippen LogP contribution in [0.25, 0.3) is 0 Å². The Kier molecular flexibility index (Phi) is 6.63. The third-order valence-corrected chi connectivity index (χ3v) is 5.20. The van der Waals surface area contributed by atoms with Crippen LogP contribution in [0.2, 0.25) is 0 Å². The quantitative estimate of drug-likeness (QED) is 0.768. The molecule has 1 aliphatic heterocycles. The number of anilines is 1. The van der Waals surface area contributed by atoms with Gasteiger partial charge in [0.15, 0.2) is 0 Å². The largest absolute Gasteiger partial charge is 0.428 e. The predicted octanol–water partition coefficient (Wildman–Crippen LogP) is 1.76. The lowest BCUT2D eigenvalue weighted by molar-refractivity contribution is 0.213. The Labute approximate surface area is 138 Å². The fourth-order valence-corrected chi connectivity index (χ4v) is 4.31. The van der Waals surface area contributed by atoms with E-state index in [2.05, 4.69) is 14.2 Å². The average Bonchev–Trinajstić information content (AvgIpc) is 2.91. The lowest BCUT2D eigenvalue weighted by Crippen LogP contribution is -2.44. The van der Waals surface area contributed by atoms with E-state index < -0.39 is 28.6 Å². The molecule has 23 heavy (non-hydrogen) atoms. The Bertz CT molecular complexity index is 615. The minimum atomic E-state index is -4.26. The van der Waals surface area contributed by atoms with Crippen molar-refractivity contribution in [2.75, 3.05) is 30.8 Å². The van der Waals surface area contributed by atoms with Crippen molar-refractivity contribution in [1.29, 1.82) is 0 Å². The Balaban J connectivity index is 1.87. The minimum Gasteiger partial charge on any atom is -0.316 e. The molecule has 1 amide bonds. The molecule has 0 saturated carbocycles. The number of amides is 1. The molecule has 7 nitrogen and oxygen atoms in total. The van der Waals surface area contributed by atoms with Crippen molar-refractivity contribution in [3.8, 4) is 0 Å². The number of carbonyl (C=O) groups excluding carboxylic acids is 1. The summed E-state index contributed by atoms with van der Waals surface area (Å²) in [6.45, 7) is 0.623. The standard InChI is InChI=1S/C13H18FN3O4S2/c14-7-4-8-17-9-10-22-12(17)16-23(19,20)21-13(18)15-11-5-2-1-3-6-11/h1-3,5-6,12,16H,4,7-10H2,(H,15,18). The summed E-state index contributed by atoms with van der Waals surface area (Å²) in [6.07, 6.45) is -0.768. The fourth-order valence-electron chi connectivity index (χ4n) is 2.01. The molecule has 1 aromatic rings. The average molecular weight is 363 g/mol. The highest BCUT2D eigenvalue weighted by atomic mass is 32.2. The van der Waals surface area contributed by atoms with Gasteiger partial charge in [-0.2, -0.15) is 13.1 Å². The van der Waals surface area contributed by atoms with Crippen molar-refractivity contribution in [3.05, 3.63) is 30.3 Å². The van der Waals surface area contributed by atoms with Crippen LogP contribution < -0.4 is 10.0 Å². The second-order valence-corrected chi connectivity index (χ2v) is 7.23. The molecule has 0 aromatic heterocycles. The molecule has 1 aromatic carbocycles. The maximum absolute atomic E-state index is 12.2.